The van der Waals surface area contributed by atoms with Crippen LogP contribution in [0.2, 0.25) is 0 Å². The zero-order valence-electron chi connectivity index (χ0n) is 18.0. The molecule has 1 heterocycles. The Bertz CT molecular complexity index is 1460. The van der Waals surface area contributed by atoms with Crippen molar-refractivity contribution in [1.82, 2.24) is 14.3 Å². The maximum atomic E-state index is 13.4. The Hall–Kier alpha value is -3.49. The van der Waals surface area contributed by atoms with Gasteiger partial charge >= 0.3 is 0 Å². The van der Waals surface area contributed by atoms with Gasteiger partial charge in [0.15, 0.2) is 0 Å². The van der Waals surface area contributed by atoms with Crippen LogP contribution < -0.4 is 15.0 Å². The Morgan fingerprint density at radius 1 is 1.00 bits per heavy atom. The van der Waals surface area contributed by atoms with E-state index < -0.39 is 10.0 Å². The lowest BCUT2D eigenvalue weighted by molar-refractivity contribution is 0.414. The van der Waals surface area contributed by atoms with Crippen LogP contribution in [0, 0.1) is 13.8 Å². The number of aromatic nitrogens is 2. The highest BCUT2D eigenvalue weighted by Gasteiger charge is 2.18. The molecule has 0 aliphatic rings. The van der Waals surface area contributed by atoms with Crippen LogP contribution in [-0.4, -0.2) is 25.1 Å². The number of ether oxygens (including phenoxy) is 1. The van der Waals surface area contributed by atoms with Crippen molar-refractivity contribution in [2.45, 2.75) is 25.3 Å². The van der Waals surface area contributed by atoms with Crippen molar-refractivity contribution in [1.29, 1.82) is 0 Å². The lowest BCUT2D eigenvalue weighted by atomic mass is 10.1. The molecule has 8 heteroatoms. The Labute approximate surface area is 186 Å². The summed E-state index contributed by atoms with van der Waals surface area (Å²) in [5.74, 6) is 0.863. The number of benzene rings is 3. The summed E-state index contributed by atoms with van der Waals surface area (Å²) in [5, 5.41) is 0.467. The summed E-state index contributed by atoms with van der Waals surface area (Å²) in [5.41, 5.74) is 2.88. The molecule has 0 saturated carbocycles. The van der Waals surface area contributed by atoms with Crippen molar-refractivity contribution >= 4 is 20.9 Å². The number of para-hydroxylation sites is 1. The third-order valence-corrected chi connectivity index (χ3v) is 6.65. The second-order valence-corrected chi connectivity index (χ2v) is 9.24. The maximum absolute atomic E-state index is 13.4. The van der Waals surface area contributed by atoms with Crippen LogP contribution in [0.1, 0.15) is 17.0 Å². The number of sulfonamides is 1. The van der Waals surface area contributed by atoms with Gasteiger partial charge in [-0.05, 0) is 61.9 Å². The number of nitrogens with zero attached hydrogens (tertiary/aromatic N) is 2. The molecule has 0 amide bonds. The number of methoxy groups -OCH3 is 1. The van der Waals surface area contributed by atoms with Gasteiger partial charge in [0.25, 0.3) is 5.56 Å². The van der Waals surface area contributed by atoms with Gasteiger partial charge in [0.2, 0.25) is 10.0 Å². The number of rotatable bonds is 6. The average Bonchev–Trinajstić information content (AvgIpc) is 2.79. The molecule has 0 radical (unpaired) electrons. The predicted octanol–water partition coefficient (Wildman–Crippen LogP) is 3.49. The van der Waals surface area contributed by atoms with Crippen molar-refractivity contribution in [3.63, 3.8) is 0 Å². The molecule has 0 aliphatic heterocycles. The van der Waals surface area contributed by atoms with E-state index >= 15 is 0 Å². The fraction of sp³-hybridized carbons (Fsp3) is 0.167. The van der Waals surface area contributed by atoms with E-state index in [9.17, 15) is 13.2 Å². The summed E-state index contributed by atoms with van der Waals surface area (Å²) in [7, 11) is -2.31. The van der Waals surface area contributed by atoms with Gasteiger partial charge in [-0.2, -0.15) is 0 Å². The zero-order chi connectivity index (χ0) is 22.9. The third-order valence-electron chi connectivity index (χ3n) is 5.23. The molecular weight excluding hydrogens is 426 g/mol. The molecule has 4 aromatic rings. The van der Waals surface area contributed by atoms with Crippen LogP contribution in [-0.2, 0) is 16.6 Å². The van der Waals surface area contributed by atoms with E-state index in [1.54, 1.807) is 36.4 Å². The minimum Gasteiger partial charge on any atom is -0.497 e. The Balaban J connectivity index is 1.80. The SMILES string of the molecule is COc1ccc(S(=O)(=O)NCc2nc3ccccc3c(=O)n2-c2ccc(C)cc2C)cc1. The largest absolute Gasteiger partial charge is 0.497 e. The standard InChI is InChI=1S/C24H23N3O4S/c1-16-8-13-22(17(2)14-16)27-23(26-21-7-5-4-6-20(21)24(27)28)15-25-32(29,30)19-11-9-18(31-3)10-12-19/h4-14,25H,15H2,1-3H3. The van der Waals surface area contributed by atoms with Crippen molar-refractivity contribution in [2.75, 3.05) is 7.11 Å². The maximum Gasteiger partial charge on any atom is 0.266 e. The number of fused-ring (bicyclic) bond motifs is 1. The lowest BCUT2D eigenvalue weighted by Crippen LogP contribution is -2.30. The first-order chi connectivity index (χ1) is 15.3. The van der Waals surface area contributed by atoms with Crippen LogP contribution in [0.25, 0.3) is 16.6 Å². The second-order valence-electron chi connectivity index (χ2n) is 7.48. The summed E-state index contributed by atoms with van der Waals surface area (Å²) in [4.78, 5) is 18.1. The van der Waals surface area contributed by atoms with E-state index in [0.29, 0.717) is 28.2 Å². The van der Waals surface area contributed by atoms with E-state index in [1.807, 2.05) is 32.0 Å². The van der Waals surface area contributed by atoms with Gasteiger partial charge < -0.3 is 4.74 Å². The molecule has 0 bridgehead atoms. The van der Waals surface area contributed by atoms with Crippen LogP contribution in [0.5, 0.6) is 5.75 Å². The first-order valence-corrected chi connectivity index (χ1v) is 11.5. The molecule has 3 aromatic carbocycles. The molecule has 1 N–H and O–H groups in total. The molecule has 164 valence electrons. The van der Waals surface area contributed by atoms with Crippen molar-refractivity contribution < 1.29 is 13.2 Å². The lowest BCUT2D eigenvalue weighted by Gasteiger charge is -2.16. The minimum atomic E-state index is -3.83. The summed E-state index contributed by atoms with van der Waals surface area (Å²) in [6.45, 7) is 3.74. The van der Waals surface area contributed by atoms with E-state index in [0.717, 1.165) is 11.1 Å². The summed E-state index contributed by atoms with van der Waals surface area (Å²) in [6, 6.07) is 18.9. The first kappa shape index (κ1) is 21.7. The minimum absolute atomic E-state index is 0.0968. The first-order valence-electron chi connectivity index (χ1n) is 10.0. The number of hydrogen-bond donors (Lipinski definition) is 1. The monoisotopic (exact) mass is 449 g/mol. The third kappa shape index (κ3) is 4.15. The van der Waals surface area contributed by atoms with E-state index in [4.69, 9.17) is 4.74 Å². The van der Waals surface area contributed by atoms with E-state index in [-0.39, 0.29) is 17.0 Å². The molecular formula is C24H23N3O4S. The second kappa shape index (κ2) is 8.57. The van der Waals surface area contributed by atoms with Gasteiger partial charge in [-0.1, -0.05) is 29.8 Å². The highest BCUT2D eigenvalue weighted by molar-refractivity contribution is 7.89. The molecule has 7 nitrogen and oxygen atoms in total. The smallest absolute Gasteiger partial charge is 0.266 e. The molecule has 1 aromatic heterocycles. The fourth-order valence-corrected chi connectivity index (χ4v) is 4.58. The summed E-state index contributed by atoms with van der Waals surface area (Å²) >= 11 is 0. The van der Waals surface area contributed by atoms with Crippen molar-refractivity contribution in [2.24, 2.45) is 0 Å². The van der Waals surface area contributed by atoms with Gasteiger partial charge in [0.1, 0.15) is 11.6 Å². The number of aryl methyl sites for hydroxylation is 2. The van der Waals surface area contributed by atoms with Crippen LogP contribution in [0.3, 0.4) is 0 Å². The molecule has 0 fully saturated rings. The Morgan fingerprint density at radius 2 is 1.72 bits per heavy atom. The highest BCUT2D eigenvalue weighted by Crippen LogP contribution is 2.19. The van der Waals surface area contributed by atoms with Crippen LogP contribution in [0.4, 0.5) is 0 Å². The van der Waals surface area contributed by atoms with E-state index in [2.05, 4.69) is 9.71 Å². The number of nitrogens with one attached hydrogen (secondary N) is 1. The summed E-state index contributed by atoms with van der Waals surface area (Å²) in [6.07, 6.45) is 0. The molecule has 4 rings (SSSR count). The van der Waals surface area contributed by atoms with Gasteiger partial charge in [0, 0.05) is 0 Å². The quantitative estimate of drug-likeness (QED) is 0.487. The Morgan fingerprint density at radius 3 is 2.41 bits per heavy atom. The topological polar surface area (TPSA) is 90.3 Å². The average molecular weight is 450 g/mol. The zero-order valence-corrected chi connectivity index (χ0v) is 18.8. The molecule has 32 heavy (non-hydrogen) atoms. The highest BCUT2D eigenvalue weighted by atomic mass is 32.2. The van der Waals surface area contributed by atoms with Crippen molar-refractivity contribution in [3.8, 4) is 11.4 Å². The van der Waals surface area contributed by atoms with E-state index in [1.165, 1.54) is 23.8 Å². The van der Waals surface area contributed by atoms with Crippen molar-refractivity contribution in [3.05, 3.63) is 94.0 Å². The molecule has 0 unspecified atom stereocenters. The predicted molar refractivity (Wildman–Crippen MR) is 124 cm³/mol. The van der Waals surface area contributed by atoms with Gasteiger partial charge in [-0.25, -0.2) is 18.1 Å². The molecule has 0 saturated heterocycles. The van der Waals surface area contributed by atoms with Gasteiger partial charge in [0.05, 0.1) is 35.1 Å². The van der Waals surface area contributed by atoms with Crippen LogP contribution in [0.15, 0.2) is 76.4 Å². The Kier molecular flexibility index (Phi) is 5.82. The molecule has 0 spiro atoms. The molecule has 0 atom stereocenters. The van der Waals surface area contributed by atoms with Gasteiger partial charge in [-0.3, -0.25) is 9.36 Å². The van der Waals surface area contributed by atoms with Gasteiger partial charge in [-0.15, -0.1) is 0 Å². The number of hydrogen-bond acceptors (Lipinski definition) is 5. The summed E-state index contributed by atoms with van der Waals surface area (Å²) < 4.78 is 34.8. The normalized spacial score (nSPS) is 11.6. The molecule has 0 aliphatic carbocycles. The van der Waals surface area contributed by atoms with Crippen LogP contribution >= 0.6 is 0 Å². The fourth-order valence-electron chi connectivity index (χ4n) is 3.60.